The summed E-state index contributed by atoms with van der Waals surface area (Å²) in [6.45, 7) is 0.830. The van der Waals surface area contributed by atoms with Crippen LogP contribution in [0.25, 0.3) is 22.3 Å². The number of benzene rings is 5. The average molecular weight is 478 g/mol. The first-order valence-corrected chi connectivity index (χ1v) is 12.7. The van der Waals surface area contributed by atoms with Crippen LogP contribution in [0, 0.1) is 0 Å². The molecule has 6 aromatic rings. The van der Waals surface area contributed by atoms with Gasteiger partial charge in [0.2, 0.25) is 6.33 Å². The Bertz CT molecular complexity index is 1550. The highest BCUT2D eigenvalue weighted by Crippen LogP contribution is 2.29. The van der Waals surface area contributed by atoms with Crippen molar-refractivity contribution in [1.29, 1.82) is 0 Å². The van der Waals surface area contributed by atoms with E-state index in [9.17, 15) is 0 Å². The van der Waals surface area contributed by atoms with E-state index in [0.717, 1.165) is 6.54 Å². The van der Waals surface area contributed by atoms with Crippen molar-refractivity contribution < 1.29 is 4.57 Å². The Labute approximate surface area is 218 Å². The van der Waals surface area contributed by atoms with E-state index < -0.39 is 0 Å². The van der Waals surface area contributed by atoms with E-state index >= 15 is 0 Å². The van der Waals surface area contributed by atoms with Crippen molar-refractivity contribution in [1.82, 2.24) is 4.57 Å². The first-order chi connectivity index (χ1) is 18.3. The lowest BCUT2D eigenvalue weighted by atomic mass is 9.96. The topological polar surface area (TPSA) is 8.81 Å². The lowest BCUT2D eigenvalue weighted by Crippen LogP contribution is -2.32. The molecule has 0 radical (unpaired) electrons. The maximum absolute atomic E-state index is 2.31. The van der Waals surface area contributed by atoms with Crippen LogP contribution in [0.5, 0.6) is 0 Å². The van der Waals surface area contributed by atoms with Crippen LogP contribution >= 0.6 is 0 Å². The van der Waals surface area contributed by atoms with Crippen LogP contribution in [0.1, 0.15) is 22.7 Å². The van der Waals surface area contributed by atoms with Gasteiger partial charge >= 0.3 is 0 Å². The maximum Gasteiger partial charge on any atom is 0.244 e. The molecule has 1 atom stereocenters. The lowest BCUT2D eigenvalue weighted by Gasteiger charge is -2.15. The molecule has 0 aliphatic rings. The summed E-state index contributed by atoms with van der Waals surface area (Å²) in [7, 11) is 0. The Morgan fingerprint density at radius 3 is 1.51 bits per heavy atom. The zero-order valence-electron chi connectivity index (χ0n) is 20.7. The Kier molecular flexibility index (Phi) is 6.46. The van der Waals surface area contributed by atoms with Gasteiger partial charge in [0, 0.05) is 11.1 Å². The van der Waals surface area contributed by atoms with E-state index in [0.29, 0.717) is 0 Å². The van der Waals surface area contributed by atoms with E-state index in [-0.39, 0.29) is 6.04 Å². The second kappa shape index (κ2) is 10.5. The summed E-state index contributed by atoms with van der Waals surface area (Å²) in [5.74, 6) is 0. The summed E-state index contributed by atoms with van der Waals surface area (Å²) in [4.78, 5) is 0. The first kappa shape index (κ1) is 22.8. The standard InChI is InChI=1S/C35H29N2/c1-4-10-29(11-5-1)31-18-16-28(17-19-31)26-36-24-25-37(27-36)35(33-14-8-3-9-15-33)34-22-20-32(21-23-34)30-12-6-2-7-13-30/h1-25,27,35H,26H2/q+1. The predicted molar refractivity (Wildman–Crippen MR) is 151 cm³/mol. The van der Waals surface area contributed by atoms with E-state index in [4.69, 9.17) is 0 Å². The van der Waals surface area contributed by atoms with Crippen LogP contribution in [0.3, 0.4) is 0 Å². The monoisotopic (exact) mass is 477 g/mol. The number of rotatable bonds is 7. The molecule has 0 saturated carbocycles. The first-order valence-electron chi connectivity index (χ1n) is 12.7. The van der Waals surface area contributed by atoms with Gasteiger partial charge in [0.15, 0.2) is 6.04 Å². The normalized spacial score (nSPS) is 11.8. The van der Waals surface area contributed by atoms with Gasteiger partial charge in [-0.15, -0.1) is 0 Å². The van der Waals surface area contributed by atoms with Gasteiger partial charge < -0.3 is 0 Å². The zero-order valence-corrected chi connectivity index (χ0v) is 20.7. The van der Waals surface area contributed by atoms with Gasteiger partial charge in [-0.1, -0.05) is 140 Å². The summed E-state index contributed by atoms with van der Waals surface area (Å²) < 4.78 is 4.57. The number of nitrogens with zero attached hydrogens (tertiary/aromatic N) is 2. The number of hydrogen-bond acceptors (Lipinski definition) is 0. The average Bonchev–Trinajstić information content (AvgIpc) is 3.43. The van der Waals surface area contributed by atoms with Gasteiger partial charge in [0.05, 0.1) is 0 Å². The highest BCUT2D eigenvalue weighted by Gasteiger charge is 2.21. The van der Waals surface area contributed by atoms with Gasteiger partial charge in [-0.25, -0.2) is 9.13 Å². The minimum Gasteiger partial charge on any atom is -0.233 e. The molecule has 2 heteroatoms. The molecule has 178 valence electrons. The summed E-state index contributed by atoms with van der Waals surface area (Å²) in [5, 5.41) is 0. The lowest BCUT2D eigenvalue weighted by molar-refractivity contribution is -0.687. The summed E-state index contributed by atoms with van der Waals surface area (Å²) in [5.41, 5.74) is 8.78. The Morgan fingerprint density at radius 2 is 0.946 bits per heavy atom. The van der Waals surface area contributed by atoms with Crippen LogP contribution in [-0.4, -0.2) is 4.57 Å². The molecule has 1 unspecified atom stereocenters. The van der Waals surface area contributed by atoms with Gasteiger partial charge in [-0.3, -0.25) is 0 Å². The number of imidazole rings is 1. The van der Waals surface area contributed by atoms with Gasteiger partial charge in [0.25, 0.3) is 0 Å². The van der Waals surface area contributed by atoms with Crippen LogP contribution in [0.4, 0.5) is 0 Å². The highest BCUT2D eigenvalue weighted by molar-refractivity contribution is 5.64. The summed E-state index contributed by atoms with van der Waals surface area (Å²) >= 11 is 0. The van der Waals surface area contributed by atoms with Crippen LogP contribution < -0.4 is 4.57 Å². The SMILES string of the molecule is c1ccc(-c2ccc(C[n+]3ccn(C(c4ccccc4)c4ccc(-c5ccccc5)cc4)c3)cc2)cc1. The van der Waals surface area contributed by atoms with E-state index in [1.807, 2.05) is 0 Å². The van der Waals surface area contributed by atoms with Gasteiger partial charge in [-0.05, 0) is 27.8 Å². The van der Waals surface area contributed by atoms with E-state index in [1.165, 1.54) is 38.9 Å². The van der Waals surface area contributed by atoms with Crippen molar-refractivity contribution in [2.75, 3.05) is 0 Å². The molecule has 1 heterocycles. The van der Waals surface area contributed by atoms with Crippen molar-refractivity contribution in [3.8, 4) is 22.3 Å². The van der Waals surface area contributed by atoms with Crippen molar-refractivity contribution >= 4 is 0 Å². The van der Waals surface area contributed by atoms with Crippen LogP contribution in [0.15, 0.2) is 158 Å². The zero-order chi connectivity index (χ0) is 24.9. The summed E-state index contributed by atoms with van der Waals surface area (Å²) in [6, 6.07) is 49.8. The molecule has 0 bridgehead atoms. The molecule has 0 aliphatic carbocycles. The number of hydrogen-bond donors (Lipinski definition) is 0. The third kappa shape index (κ3) is 5.14. The molecule has 2 nitrogen and oxygen atoms in total. The minimum atomic E-state index is 0.104. The fourth-order valence-electron chi connectivity index (χ4n) is 4.96. The van der Waals surface area contributed by atoms with Gasteiger partial charge in [-0.2, -0.15) is 0 Å². The maximum atomic E-state index is 2.31. The van der Waals surface area contributed by atoms with Crippen molar-refractivity contribution in [3.05, 3.63) is 175 Å². The minimum absolute atomic E-state index is 0.104. The molecule has 0 fully saturated rings. The van der Waals surface area contributed by atoms with E-state index in [2.05, 4.69) is 167 Å². The van der Waals surface area contributed by atoms with Gasteiger partial charge in [0.1, 0.15) is 18.9 Å². The molecule has 37 heavy (non-hydrogen) atoms. The van der Waals surface area contributed by atoms with Crippen molar-refractivity contribution in [3.63, 3.8) is 0 Å². The molecule has 0 N–H and O–H groups in total. The van der Waals surface area contributed by atoms with Crippen LogP contribution in [-0.2, 0) is 6.54 Å². The molecule has 0 spiro atoms. The van der Waals surface area contributed by atoms with Crippen molar-refractivity contribution in [2.45, 2.75) is 12.6 Å². The largest absolute Gasteiger partial charge is 0.244 e. The van der Waals surface area contributed by atoms with Crippen LogP contribution in [0.2, 0.25) is 0 Å². The smallest absolute Gasteiger partial charge is 0.233 e. The molecule has 5 aromatic carbocycles. The molecular weight excluding hydrogens is 448 g/mol. The highest BCUT2D eigenvalue weighted by atomic mass is 15.1. The Balaban J connectivity index is 1.26. The fraction of sp³-hybridized carbons (Fsp3) is 0.0571. The third-order valence-electron chi connectivity index (χ3n) is 6.89. The molecule has 1 aromatic heterocycles. The van der Waals surface area contributed by atoms with E-state index in [1.54, 1.807) is 0 Å². The Morgan fingerprint density at radius 1 is 0.486 bits per heavy atom. The Hall–Kier alpha value is -4.69. The predicted octanol–water partition coefficient (Wildman–Crippen LogP) is 7.80. The number of aromatic nitrogens is 2. The second-order valence-corrected chi connectivity index (χ2v) is 9.40. The second-order valence-electron chi connectivity index (χ2n) is 9.40. The molecule has 6 rings (SSSR count). The molecule has 0 aliphatic heterocycles. The quantitative estimate of drug-likeness (QED) is 0.207. The molecular formula is C35H29N2+. The third-order valence-corrected chi connectivity index (χ3v) is 6.89. The van der Waals surface area contributed by atoms with Crippen molar-refractivity contribution in [2.24, 2.45) is 0 Å². The molecule has 0 saturated heterocycles. The molecule has 0 amide bonds. The summed E-state index contributed by atoms with van der Waals surface area (Å²) in [6.07, 6.45) is 6.56. The fourth-order valence-corrected chi connectivity index (χ4v) is 4.96.